The molecule has 1 saturated carbocycles. The third-order valence-corrected chi connectivity index (χ3v) is 4.74. The molecule has 74 valence electrons. The standard InChI is InChI=1S/C14H18/c1-9-5-4-6-11-12(9)7-10-8-13(11)14(10,2)3/h4-6,10,13H,7-8H2,1-3H3/t10-,13-/m0/s1. The lowest BCUT2D eigenvalue weighted by molar-refractivity contribution is 0.0183. The van der Waals surface area contributed by atoms with Crippen molar-refractivity contribution in [3.8, 4) is 0 Å². The van der Waals surface area contributed by atoms with E-state index in [1.165, 1.54) is 18.4 Å². The highest BCUT2D eigenvalue weighted by Crippen LogP contribution is 2.62. The number of aryl methyl sites for hydroxylation is 1. The third kappa shape index (κ3) is 0.846. The number of benzene rings is 1. The van der Waals surface area contributed by atoms with Crippen molar-refractivity contribution in [2.75, 3.05) is 0 Å². The Kier molecular flexibility index (Phi) is 1.47. The van der Waals surface area contributed by atoms with Gasteiger partial charge in [-0.15, -0.1) is 0 Å². The van der Waals surface area contributed by atoms with Crippen LogP contribution in [0.2, 0.25) is 0 Å². The van der Waals surface area contributed by atoms with Crippen LogP contribution in [0, 0.1) is 18.3 Å². The van der Waals surface area contributed by atoms with E-state index in [0.29, 0.717) is 5.41 Å². The van der Waals surface area contributed by atoms with Crippen molar-refractivity contribution in [1.29, 1.82) is 0 Å². The quantitative estimate of drug-likeness (QED) is 0.580. The molecule has 0 heterocycles. The SMILES string of the molecule is Cc1cccc2c1C[C@H]1C[C@@H]2C1(C)C. The predicted octanol–water partition coefficient (Wildman–Crippen LogP) is 3.68. The van der Waals surface area contributed by atoms with Crippen LogP contribution in [0.4, 0.5) is 0 Å². The smallest absolute Gasteiger partial charge is 0.0102 e. The Balaban J connectivity index is 2.16. The van der Waals surface area contributed by atoms with Gasteiger partial charge in [-0.05, 0) is 53.7 Å². The highest BCUT2D eigenvalue weighted by atomic mass is 14.6. The lowest BCUT2D eigenvalue weighted by atomic mass is 9.47. The first kappa shape index (κ1) is 8.52. The summed E-state index contributed by atoms with van der Waals surface area (Å²) in [6, 6.07) is 6.84. The first-order chi connectivity index (χ1) is 6.60. The highest BCUT2D eigenvalue weighted by Gasteiger charge is 2.52. The molecule has 1 aromatic carbocycles. The first-order valence-corrected chi connectivity index (χ1v) is 5.69. The minimum atomic E-state index is 0.570. The van der Waals surface area contributed by atoms with E-state index in [2.05, 4.69) is 39.0 Å². The molecule has 2 atom stereocenters. The fourth-order valence-electron chi connectivity index (χ4n) is 3.47. The number of hydrogen-bond donors (Lipinski definition) is 0. The van der Waals surface area contributed by atoms with Crippen LogP contribution in [0.15, 0.2) is 18.2 Å². The molecule has 0 aliphatic heterocycles. The van der Waals surface area contributed by atoms with Crippen LogP contribution in [0.5, 0.6) is 0 Å². The summed E-state index contributed by atoms with van der Waals surface area (Å²) in [4.78, 5) is 0. The molecule has 4 rings (SSSR count). The van der Waals surface area contributed by atoms with E-state index in [4.69, 9.17) is 0 Å². The average Bonchev–Trinajstić information content (AvgIpc) is 2.17. The topological polar surface area (TPSA) is 0 Å². The molecule has 0 N–H and O–H groups in total. The van der Waals surface area contributed by atoms with Gasteiger partial charge in [0.05, 0.1) is 0 Å². The lowest BCUT2D eigenvalue weighted by Crippen LogP contribution is -2.48. The molecule has 0 nitrogen and oxygen atoms in total. The van der Waals surface area contributed by atoms with Gasteiger partial charge < -0.3 is 0 Å². The zero-order chi connectivity index (χ0) is 9.92. The molecule has 14 heavy (non-hydrogen) atoms. The van der Waals surface area contributed by atoms with Crippen LogP contribution >= 0.6 is 0 Å². The predicted molar refractivity (Wildman–Crippen MR) is 59.5 cm³/mol. The third-order valence-electron chi connectivity index (χ3n) is 4.74. The van der Waals surface area contributed by atoms with Gasteiger partial charge in [-0.2, -0.15) is 0 Å². The molecule has 0 radical (unpaired) electrons. The summed E-state index contributed by atoms with van der Waals surface area (Å²) in [7, 11) is 0. The Bertz CT molecular complexity index is 387. The lowest BCUT2D eigenvalue weighted by Gasteiger charge is -2.57. The maximum atomic E-state index is 2.44. The fraction of sp³-hybridized carbons (Fsp3) is 0.571. The second-order valence-corrected chi connectivity index (χ2v) is 5.65. The largest absolute Gasteiger partial charge is 0.0617 e. The molecule has 0 heteroatoms. The van der Waals surface area contributed by atoms with Gasteiger partial charge in [0, 0.05) is 0 Å². The molecule has 0 saturated heterocycles. The molecule has 0 unspecified atom stereocenters. The van der Waals surface area contributed by atoms with Crippen LogP contribution in [-0.2, 0) is 6.42 Å². The van der Waals surface area contributed by atoms with Crippen molar-refractivity contribution in [1.82, 2.24) is 0 Å². The molecule has 0 aromatic heterocycles. The van der Waals surface area contributed by atoms with Crippen molar-refractivity contribution in [3.63, 3.8) is 0 Å². The van der Waals surface area contributed by atoms with Gasteiger partial charge in [-0.25, -0.2) is 0 Å². The molecule has 1 aromatic rings. The molecule has 2 bridgehead atoms. The van der Waals surface area contributed by atoms with E-state index in [9.17, 15) is 0 Å². The monoisotopic (exact) mass is 186 g/mol. The van der Waals surface area contributed by atoms with Gasteiger partial charge in [0.1, 0.15) is 0 Å². The van der Waals surface area contributed by atoms with Crippen LogP contribution in [0.25, 0.3) is 0 Å². The summed E-state index contributed by atoms with van der Waals surface area (Å²) in [5.74, 6) is 1.79. The van der Waals surface area contributed by atoms with Gasteiger partial charge >= 0.3 is 0 Å². The van der Waals surface area contributed by atoms with Gasteiger partial charge in [-0.3, -0.25) is 0 Å². The van der Waals surface area contributed by atoms with Crippen LogP contribution < -0.4 is 0 Å². The normalized spacial score (nSPS) is 31.9. The summed E-state index contributed by atoms with van der Waals surface area (Å²) in [5.41, 5.74) is 5.39. The zero-order valence-corrected chi connectivity index (χ0v) is 9.30. The van der Waals surface area contributed by atoms with Crippen molar-refractivity contribution in [2.45, 2.75) is 39.5 Å². The molecule has 0 amide bonds. The van der Waals surface area contributed by atoms with Crippen LogP contribution in [-0.4, -0.2) is 0 Å². The zero-order valence-electron chi connectivity index (χ0n) is 9.30. The Labute approximate surface area is 86.3 Å². The van der Waals surface area contributed by atoms with Crippen molar-refractivity contribution >= 4 is 0 Å². The van der Waals surface area contributed by atoms with Gasteiger partial charge in [0.15, 0.2) is 0 Å². The summed E-state index contributed by atoms with van der Waals surface area (Å²) in [6.45, 7) is 7.14. The maximum Gasteiger partial charge on any atom is -0.0102 e. The molecular formula is C14H18. The van der Waals surface area contributed by atoms with E-state index in [1.54, 1.807) is 11.1 Å². The summed E-state index contributed by atoms with van der Waals surface area (Å²) in [6.07, 6.45) is 2.76. The maximum absolute atomic E-state index is 2.44. The Morgan fingerprint density at radius 1 is 1.29 bits per heavy atom. The van der Waals surface area contributed by atoms with Gasteiger partial charge in [-0.1, -0.05) is 32.0 Å². The van der Waals surface area contributed by atoms with E-state index >= 15 is 0 Å². The summed E-state index contributed by atoms with van der Waals surface area (Å²) >= 11 is 0. The fourth-order valence-corrected chi connectivity index (χ4v) is 3.47. The minimum Gasteiger partial charge on any atom is -0.0617 e. The Morgan fingerprint density at radius 3 is 2.79 bits per heavy atom. The first-order valence-electron chi connectivity index (χ1n) is 5.69. The van der Waals surface area contributed by atoms with Crippen molar-refractivity contribution < 1.29 is 0 Å². The molecule has 1 fully saturated rings. The highest BCUT2D eigenvalue weighted by molar-refractivity contribution is 5.43. The molecule has 3 aliphatic rings. The van der Waals surface area contributed by atoms with E-state index < -0.39 is 0 Å². The van der Waals surface area contributed by atoms with E-state index in [1.807, 2.05) is 0 Å². The summed E-state index contributed by atoms with van der Waals surface area (Å²) in [5, 5.41) is 0. The van der Waals surface area contributed by atoms with Crippen molar-refractivity contribution in [2.24, 2.45) is 11.3 Å². The van der Waals surface area contributed by atoms with E-state index in [-0.39, 0.29) is 0 Å². The van der Waals surface area contributed by atoms with Crippen LogP contribution in [0.1, 0.15) is 42.9 Å². The molecular weight excluding hydrogens is 168 g/mol. The van der Waals surface area contributed by atoms with Crippen molar-refractivity contribution in [3.05, 3.63) is 34.9 Å². The number of hydrogen-bond acceptors (Lipinski definition) is 0. The molecule has 3 aliphatic carbocycles. The minimum absolute atomic E-state index is 0.570. The van der Waals surface area contributed by atoms with Crippen LogP contribution in [0.3, 0.4) is 0 Å². The van der Waals surface area contributed by atoms with Gasteiger partial charge in [0.25, 0.3) is 0 Å². The molecule has 0 spiro atoms. The second kappa shape index (κ2) is 2.42. The number of rotatable bonds is 0. The van der Waals surface area contributed by atoms with E-state index in [0.717, 1.165) is 11.8 Å². The Morgan fingerprint density at radius 2 is 2.07 bits per heavy atom. The average molecular weight is 186 g/mol. The van der Waals surface area contributed by atoms with Gasteiger partial charge in [0.2, 0.25) is 0 Å². The summed E-state index contributed by atoms with van der Waals surface area (Å²) < 4.78 is 0. The Hall–Kier alpha value is -0.780. The second-order valence-electron chi connectivity index (χ2n) is 5.65.